The standard InChI is InChI=1S/C12H14ClNO/c1-12(2,15)7-10-6-8-5-9(13)3-4-11(8)14-10/h3-6,14-15H,7H2,1-2H3. The molecule has 2 aromatic rings. The lowest BCUT2D eigenvalue weighted by atomic mass is 10.0. The van der Waals surface area contributed by atoms with Gasteiger partial charge in [0.15, 0.2) is 0 Å². The lowest BCUT2D eigenvalue weighted by Gasteiger charge is -2.15. The summed E-state index contributed by atoms with van der Waals surface area (Å²) in [5, 5.41) is 11.5. The average molecular weight is 224 g/mol. The van der Waals surface area contributed by atoms with E-state index in [2.05, 4.69) is 4.98 Å². The van der Waals surface area contributed by atoms with Gasteiger partial charge in [-0.3, -0.25) is 0 Å². The van der Waals surface area contributed by atoms with Gasteiger partial charge in [0, 0.05) is 28.0 Å². The van der Waals surface area contributed by atoms with Crippen molar-refractivity contribution in [3.8, 4) is 0 Å². The smallest absolute Gasteiger partial charge is 0.0646 e. The summed E-state index contributed by atoms with van der Waals surface area (Å²) in [4.78, 5) is 3.26. The summed E-state index contributed by atoms with van der Waals surface area (Å²) in [6.07, 6.45) is 0.610. The van der Waals surface area contributed by atoms with E-state index in [-0.39, 0.29) is 0 Å². The molecular formula is C12H14ClNO. The van der Waals surface area contributed by atoms with Gasteiger partial charge in [0.25, 0.3) is 0 Å². The Morgan fingerprint density at radius 2 is 2.07 bits per heavy atom. The molecule has 15 heavy (non-hydrogen) atoms. The molecule has 0 aliphatic rings. The maximum Gasteiger partial charge on any atom is 0.0646 e. The van der Waals surface area contributed by atoms with Gasteiger partial charge in [0.1, 0.15) is 0 Å². The summed E-state index contributed by atoms with van der Waals surface area (Å²) in [6.45, 7) is 3.59. The molecule has 0 bridgehead atoms. The first-order valence-electron chi connectivity index (χ1n) is 4.94. The minimum absolute atomic E-state index is 0.610. The van der Waals surface area contributed by atoms with E-state index in [1.54, 1.807) is 13.8 Å². The van der Waals surface area contributed by atoms with Crippen LogP contribution in [0.15, 0.2) is 24.3 Å². The number of rotatable bonds is 2. The van der Waals surface area contributed by atoms with Crippen LogP contribution in [-0.4, -0.2) is 15.7 Å². The summed E-state index contributed by atoms with van der Waals surface area (Å²) in [7, 11) is 0. The van der Waals surface area contributed by atoms with E-state index in [4.69, 9.17) is 11.6 Å². The van der Waals surface area contributed by atoms with Gasteiger partial charge in [-0.25, -0.2) is 0 Å². The van der Waals surface area contributed by atoms with Crippen molar-refractivity contribution in [1.29, 1.82) is 0 Å². The molecule has 2 nitrogen and oxygen atoms in total. The molecule has 80 valence electrons. The van der Waals surface area contributed by atoms with Gasteiger partial charge < -0.3 is 10.1 Å². The van der Waals surface area contributed by atoms with Crippen molar-refractivity contribution in [2.45, 2.75) is 25.9 Å². The molecule has 0 fully saturated rings. The number of aromatic amines is 1. The molecule has 3 heteroatoms. The fraction of sp³-hybridized carbons (Fsp3) is 0.333. The minimum atomic E-state index is -0.690. The largest absolute Gasteiger partial charge is 0.390 e. The summed E-state index contributed by atoms with van der Waals surface area (Å²) in [5.74, 6) is 0. The van der Waals surface area contributed by atoms with Crippen LogP contribution in [0.3, 0.4) is 0 Å². The van der Waals surface area contributed by atoms with Crippen LogP contribution >= 0.6 is 11.6 Å². The number of hydrogen-bond acceptors (Lipinski definition) is 1. The van der Waals surface area contributed by atoms with E-state index in [1.165, 1.54) is 0 Å². The van der Waals surface area contributed by atoms with Crippen molar-refractivity contribution in [2.24, 2.45) is 0 Å². The average Bonchev–Trinajstić information content (AvgIpc) is 2.42. The summed E-state index contributed by atoms with van der Waals surface area (Å²) in [6, 6.07) is 7.75. The number of H-pyrrole nitrogens is 1. The van der Waals surface area contributed by atoms with Crippen LogP contribution in [0.25, 0.3) is 10.9 Å². The summed E-state index contributed by atoms with van der Waals surface area (Å²) in [5.41, 5.74) is 1.39. The first-order valence-corrected chi connectivity index (χ1v) is 5.31. The SMILES string of the molecule is CC(C)(O)Cc1cc2cc(Cl)ccc2[nH]1. The Morgan fingerprint density at radius 1 is 1.33 bits per heavy atom. The highest BCUT2D eigenvalue weighted by Crippen LogP contribution is 2.22. The molecule has 0 aliphatic carbocycles. The van der Waals surface area contributed by atoms with Crippen molar-refractivity contribution in [2.75, 3.05) is 0 Å². The molecule has 0 aliphatic heterocycles. The van der Waals surface area contributed by atoms with Crippen LogP contribution in [-0.2, 0) is 6.42 Å². The fourth-order valence-corrected chi connectivity index (χ4v) is 1.91. The molecule has 1 aromatic carbocycles. The normalized spacial score (nSPS) is 12.3. The topological polar surface area (TPSA) is 36.0 Å². The van der Waals surface area contributed by atoms with E-state index >= 15 is 0 Å². The second-order valence-corrected chi connectivity index (χ2v) is 4.95. The van der Waals surface area contributed by atoms with Crippen molar-refractivity contribution < 1.29 is 5.11 Å². The lowest BCUT2D eigenvalue weighted by Crippen LogP contribution is -2.21. The Bertz CT molecular complexity index is 482. The summed E-state index contributed by atoms with van der Waals surface area (Å²) < 4.78 is 0. The summed E-state index contributed by atoms with van der Waals surface area (Å²) >= 11 is 5.90. The minimum Gasteiger partial charge on any atom is -0.390 e. The number of halogens is 1. The third kappa shape index (κ3) is 2.52. The highest BCUT2D eigenvalue weighted by atomic mass is 35.5. The van der Waals surface area contributed by atoms with Gasteiger partial charge in [0.2, 0.25) is 0 Å². The van der Waals surface area contributed by atoms with Gasteiger partial charge in [-0.05, 0) is 38.1 Å². The number of nitrogens with one attached hydrogen (secondary N) is 1. The Labute approximate surface area is 93.9 Å². The molecule has 0 atom stereocenters. The van der Waals surface area contributed by atoms with Gasteiger partial charge >= 0.3 is 0 Å². The molecule has 0 saturated heterocycles. The van der Waals surface area contributed by atoms with E-state index in [1.807, 2.05) is 24.3 Å². The zero-order valence-electron chi connectivity index (χ0n) is 8.84. The second kappa shape index (κ2) is 3.54. The second-order valence-electron chi connectivity index (χ2n) is 4.52. The van der Waals surface area contributed by atoms with Crippen LogP contribution in [0, 0.1) is 0 Å². The van der Waals surface area contributed by atoms with E-state index < -0.39 is 5.60 Å². The van der Waals surface area contributed by atoms with Crippen LogP contribution in [0.4, 0.5) is 0 Å². The number of benzene rings is 1. The van der Waals surface area contributed by atoms with Gasteiger partial charge in [-0.15, -0.1) is 0 Å². The molecular weight excluding hydrogens is 210 g/mol. The molecule has 0 unspecified atom stereocenters. The van der Waals surface area contributed by atoms with Crippen LogP contribution < -0.4 is 0 Å². The van der Waals surface area contributed by atoms with Gasteiger partial charge in [0.05, 0.1) is 5.60 Å². The molecule has 0 radical (unpaired) electrons. The molecule has 0 spiro atoms. The van der Waals surface area contributed by atoms with Crippen molar-refractivity contribution in [3.63, 3.8) is 0 Å². The van der Waals surface area contributed by atoms with Gasteiger partial charge in [-0.1, -0.05) is 11.6 Å². The monoisotopic (exact) mass is 223 g/mol. The maximum absolute atomic E-state index is 9.70. The first-order chi connectivity index (χ1) is 6.94. The zero-order valence-corrected chi connectivity index (χ0v) is 9.60. The quantitative estimate of drug-likeness (QED) is 0.806. The van der Waals surface area contributed by atoms with Crippen LogP contribution in [0.1, 0.15) is 19.5 Å². The predicted octanol–water partition coefficient (Wildman–Crippen LogP) is 3.13. The third-order valence-electron chi connectivity index (χ3n) is 2.26. The van der Waals surface area contributed by atoms with Crippen molar-refractivity contribution in [1.82, 2.24) is 4.98 Å². The van der Waals surface area contributed by atoms with E-state index in [0.29, 0.717) is 6.42 Å². The molecule has 0 amide bonds. The van der Waals surface area contributed by atoms with Crippen molar-refractivity contribution in [3.05, 3.63) is 35.0 Å². The van der Waals surface area contributed by atoms with E-state index in [0.717, 1.165) is 21.6 Å². The number of aliphatic hydroxyl groups is 1. The number of aromatic nitrogens is 1. The maximum atomic E-state index is 9.70. The fourth-order valence-electron chi connectivity index (χ4n) is 1.72. The highest BCUT2D eigenvalue weighted by molar-refractivity contribution is 6.31. The zero-order chi connectivity index (χ0) is 11.1. The molecule has 1 aromatic heterocycles. The van der Waals surface area contributed by atoms with Gasteiger partial charge in [-0.2, -0.15) is 0 Å². The Hall–Kier alpha value is -0.990. The van der Waals surface area contributed by atoms with Crippen LogP contribution in [0.5, 0.6) is 0 Å². The Balaban J connectivity index is 2.39. The first kappa shape index (κ1) is 10.5. The lowest BCUT2D eigenvalue weighted by molar-refractivity contribution is 0.0801. The molecule has 1 heterocycles. The number of fused-ring (bicyclic) bond motifs is 1. The number of hydrogen-bond donors (Lipinski definition) is 2. The molecule has 2 N–H and O–H groups in total. The van der Waals surface area contributed by atoms with Crippen molar-refractivity contribution >= 4 is 22.5 Å². The molecule has 0 saturated carbocycles. The highest BCUT2D eigenvalue weighted by Gasteiger charge is 2.14. The Kier molecular flexibility index (Phi) is 2.49. The third-order valence-corrected chi connectivity index (χ3v) is 2.50. The van der Waals surface area contributed by atoms with E-state index in [9.17, 15) is 5.11 Å². The molecule has 2 rings (SSSR count). The Morgan fingerprint density at radius 3 is 2.73 bits per heavy atom. The predicted molar refractivity (Wildman–Crippen MR) is 63.3 cm³/mol. The van der Waals surface area contributed by atoms with Crippen LogP contribution in [0.2, 0.25) is 5.02 Å².